The van der Waals surface area contributed by atoms with Crippen LogP contribution in [0.3, 0.4) is 0 Å². The van der Waals surface area contributed by atoms with Crippen molar-refractivity contribution in [3.05, 3.63) is 77.4 Å². The van der Waals surface area contributed by atoms with E-state index >= 15 is 0 Å². The van der Waals surface area contributed by atoms with Crippen LogP contribution >= 0.6 is 0 Å². The predicted octanol–water partition coefficient (Wildman–Crippen LogP) is 3.33. The normalized spacial score (nSPS) is 16.9. The summed E-state index contributed by atoms with van der Waals surface area (Å²) < 4.78 is 66.9. The Morgan fingerprint density at radius 1 is 1.06 bits per heavy atom. The Hall–Kier alpha value is -3.44. The fourth-order valence-corrected chi connectivity index (χ4v) is 5.88. The van der Waals surface area contributed by atoms with Crippen molar-refractivity contribution in [1.29, 1.82) is 0 Å². The number of benzene rings is 3. The van der Waals surface area contributed by atoms with E-state index in [1.54, 1.807) is 18.2 Å². The van der Waals surface area contributed by atoms with Crippen LogP contribution < -0.4 is 5.32 Å². The molecular weight excluding hydrogens is 485 g/mol. The molecule has 0 saturated carbocycles. The minimum atomic E-state index is -4.66. The third-order valence-corrected chi connectivity index (χ3v) is 7.88. The minimum Gasteiger partial charge on any atom is -0.481 e. The molecule has 0 aromatic heterocycles. The number of alkyl halides is 3. The van der Waals surface area contributed by atoms with Gasteiger partial charge in [-0.2, -0.15) is 13.2 Å². The molecule has 0 aliphatic carbocycles. The average molecular weight is 507 g/mol. The molecule has 3 aromatic carbocycles. The molecule has 7 nitrogen and oxygen atoms in total. The van der Waals surface area contributed by atoms with Crippen LogP contribution in [0, 0.1) is 0 Å². The number of carboxylic acids is 1. The van der Waals surface area contributed by atoms with Gasteiger partial charge in [-0.25, -0.2) is 8.42 Å². The first-order valence-corrected chi connectivity index (χ1v) is 12.2. The summed E-state index contributed by atoms with van der Waals surface area (Å²) in [4.78, 5) is 26.1. The van der Waals surface area contributed by atoms with Crippen LogP contribution in [-0.4, -0.2) is 55.3 Å². The van der Waals surface area contributed by atoms with Crippen LogP contribution in [0.2, 0.25) is 0 Å². The molecule has 11 heteroatoms. The van der Waals surface area contributed by atoms with Crippen LogP contribution in [-0.2, 0) is 27.2 Å². The van der Waals surface area contributed by atoms with Gasteiger partial charge >= 0.3 is 12.1 Å². The molecule has 35 heavy (non-hydrogen) atoms. The molecule has 0 bridgehead atoms. The van der Waals surface area contributed by atoms with Crippen molar-refractivity contribution in [3.8, 4) is 0 Å². The van der Waals surface area contributed by atoms with Gasteiger partial charge in [0.15, 0.2) is 5.37 Å². The monoisotopic (exact) mass is 506 g/mol. The molecule has 2 N–H and O–H groups in total. The number of carbonyl (C=O) groups is 2. The molecule has 1 saturated heterocycles. The molecule has 1 unspecified atom stereocenters. The van der Waals surface area contributed by atoms with Crippen molar-refractivity contribution in [1.82, 2.24) is 10.2 Å². The molecule has 1 heterocycles. The smallest absolute Gasteiger partial charge is 0.416 e. The third-order valence-electron chi connectivity index (χ3n) is 5.81. The number of carboxylic acid groups (broad SMARTS) is 1. The summed E-state index contributed by atoms with van der Waals surface area (Å²) in [5.41, 5.74) is -0.940. The lowest BCUT2D eigenvalue weighted by atomic mass is 9.96. The van der Waals surface area contributed by atoms with Crippen LogP contribution in [0.15, 0.2) is 65.6 Å². The summed E-state index contributed by atoms with van der Waals surface area (Å²) in [6.07, 6.45) is -5.12. The Morgan fingerprint density at radius 3 is 2.43 bits per heavy atom. The van der Waals surface area contributed by atoms with Crippen LogP contribution in [0.1, 0.15) is 21.5 Å². The zero-order valence-electron chi connectivity index (χ0n) is 18.2. The van der Waals surface area contributed by atoms with Gasteiger partial charge in [0, 0.05) is 25.2 Å². The predicted molar refractivity (Wildman–Crippen MR) is 122 cm³/mol. The molecule has 0 radical (unpaired) electrons. The number of halogens is 3. The van der Waals surface area contributed by atoms with E-state index in [2.05, 4.69) is 5.32 Å². The fourth-order valence-electron chi connectivity index (χ4n) is 4.16. The maximum atomic E-state index is 13.7. The summed E-state index contributed by atoms with van der Waals surface area (Å²) in [5, 5.41) is 11.1. The second kappa shape index (κ2) is 9.31. The van der Waals surface area contributed by atoms with Crippen LogP contribution in [0.4, 0.5) is 13.2 Å². The number of rotatable bonds is 5. The van der Waals surface area contributed by atoms with Crippen molar-refractivity contribution in [2.24, 2.45) is 0 Å². The highest BCUT2D eigenvalue weighted by molar-refractivity contribution is 7.92. The Morgan fingerprint density at radius 2 is 1.77 bits per heavy atom. The van der Waals surface area contributed by atoms with Gasteiger partial charge in [0.1, 0.15) is 0 Å². The van der Waals surface area contributed by atoms with E-state index in [9.17, 15) is 36.3 Å². The summed E-state index contributed by atoms with van der Waals surface area (Å²) in [6.45, 7) is 0.218. The van der Waals surface area contributed by atoms with Gasteiger partial charge < -0.3 is 15.3 Å². The van der Waals surface area contributed by atoms with E-state index in [0.29, 0.717) is 0 Å². The number of hydrogen-bond acceptors (Lipinski definition) is 5. The van der Waals surface area contributed by atoms with E-state index in [0.717, 1.165) is 17.0 Å². The van der Waals surface area contributed by atoms with Crippen molar-refractivity contribution in [2.75, 3.05) is 19.6 Å². The topological polar surface area (TPSA) is 104 Å². The molecule has 1 fully saturated rings. The molecule has 184 valence electrons. The highest BCUT2D eigenvalue weighted by Crippen LogP contribution is 2.34. The summed E-state index contributed by atoms with van der Waals surface area (Å²) in [6, 6.07) is 13.1. The number of sulfone groups is 1. The number of fused-ring (bicyclic) bond motifs is 1. The first-order valence-electron chi connectivity index (χ1n) is 10.6. The first-order chi connectivity index (χ1) is 16.5. The number of hydrogen-bond donors (Lipinski definition) is 2. The SMILES string of the molecule is O=C(O)Cc1cc(C(=O)N2CCNCC2S(=O)(=O)c2ccccc2)c2cc(C(F)(F)F)ccc2c1. The lowest BCUT2D eigenvalue weighted by Gasteiger charge is -2.36. The maximum absolute atomic E-state index is 13.7. The van der Waals surface area contributed by atoms with Gasteiger partial charge in [-0.3, -0.25) is 9.59 Å². The largest absolute Gasteiger partial charge is 0.481 e. The zero-order chi connectivity index (χ0) is 25.4. The number of nitrogens with one attached hydrogen (secondary N) is 1. The number of carbonyl (C=O) groups excluding carboxylic acids is 1. The van der Waals surface area contributed by atoms with Crippen LogP contribution in [0.25, 0.3) is 10.8 Å². The number of amides is 1. The number of aliphatic carboxylic acids is 1. The highest BCUT2D eigenvalue weighted by atomic mass is 32.2. The lowest BCUT2D eigenvalue weighted by Crippen LogP contribution is -2.56. The molecule has 4 rings (SSSR count). The van der Waals surface area contributed by atoms with Gasteiger partial charge in [0.05, 0.1) is 16.9 Å². The lowest BCUT2D eigenvalue weighted by molar-refractivity contribution is -0.138. The number of nitrogens with zero attached hydrogens (tertiary/aromatic N) is 1. The minimum absolute atomic E-state index is 0.000817. The molecule has 0 spiro atoms. The second-order valence-corrected chi connectivity index (χ2v) is 10.3. The second-order valence-electron chi connectivity index (χ2n) is 8.16. The first kappa shape index (κ1) is 24.7. The van der Waals surface area contributed by atoms with Crippen molar-refractivity contribution in [3.63, 3.8) is 0 Å². The Kier molecular flexibility index (Phi) is 6.56. The molecule has 1 aliphatic heterocycles. The summed E-state index contributed by atoms with van der Waals surface area (Å²) in [5.74, 6) is -1.96. The molecule has 3 aromatic rings. The van der Waals surface area contributed by atoms with E-state index in [-0.39, 0.29) is 46.4 Å². The van der Waals surface area contributed by atoms with E-state index in [4.69, 9.17) is 0 Å². The summed E-state index contributed by atoms with van der Waals surface area (Å²) in [7, 11) is -4.01. The standard InChI is InChI=1S/C24H21F3N2O5S/c25-24(26,27)17-7-6-16-10-15(12-22(30)31)11-20(19(16)13-17)23(32)29-9-8-28-14-21(29)35(33,34)18-4-2-1-3-5-18/h1-7,10-11,13,21,28H,8-9,12,14H2,(H,30,31). The molecular formula is C24H21F3N2O5S. The quantitative estimate of drug-likeness (QED) is 0.550. The van der Waals surface area contributed by atoms with Gasteiger partial charge in [0.2, 0.25) is 9.84 Å². The zero-order valence-corrected chi connectivity index (χ0v) is 19.1. The number of piperazine rings is 1. The molecule has 1 aliphatic rings. The highest BCUT2D eigenvalue weighted by Gasteiger charge is 2.38. The van der Waals surface area contributed by atoms with E-state index in [1.165, 1.54) is 30.3 Å². The van der Waals surface area contributed by atoms with E-state index < -0.39 is 45.2 Å². The maximum Gasteiger partial charge on any atom is 0.416 e. The Balaban J connectivity index is 1.85. The molecule has 1 amide bonds. The van der Waals surface area contributed by atoms with Crippen molar-refractivity contribution < 1.29 is 36.3 Å². The fraction of sp³-hybridized carbons (Fsp3) is 0.250. The summed E-state index contributed by atoms with van der Waals surface area (Å²) >= 11 is 0. The average Bonchev–Trinajstić information content (AvgIpc) is 2.82. The van der Waals surface area contributed by atoms with Gasteiger partial charge in [-0.15, -0.1) is 0 Å². The van der Waals surface area contributed by atoms with Crippen LogP contribution in [0.5, 0.6) is 0 Å². The van der Waals surface area contributed by atoms with Crippen molar-refractivity contribution >= 4 is 32.5 Å². The van der Waals surface area contributed by atoms with Gasteiger partial charge in [0.25, 0.3) is 5.91 Å². The molecule has 1 atom stereocenters. The third kappa shape index (κ3) is 5.01. The van der Waals surface area contributed by atoms with Gasteiger partial charge in [-0.1, -0.05) is 30.3 Å². The Bertz CT molecular complexity index is 1390. The van der Waals surface area contributed by atoms with E-state index in [1.807, 2.05) is 0 Å². The Labute approximate surface area is 199 Å². The van der Waals surface area contributed by atoms with Gasteiger partial charge in [-0.05, 0) is 46.7 Å². The van der Waals surface area contributed by atoms with Crippen molar-refractivity contribution in [2.45, 2.75) is 22.9 Å².